The Labute approximate surface area is 218 Å². The van der Waals surface area contributed by atoms with Crippen LogP contribution in [0, 0.1) is 13.8 Å². The number of hydrogen-bond acceptors (Lipinski definition) is 7. The Morgan fingerprint density at radius 2 is 1.11 bits per heavy atom. The summed E-state index contributed by atoms with van der Waals surface area (Å²) in [7, 11) is 0. The Kier molecular flexibility index (Phi) is 9.89. The number of carboxylic acids is 1. The number of nitrogens with zero attached hydrogens (tertiary/aromatic N) is 2. The smallest absolute Gasteiger partial charge is 0.300 e. The van der Waals surface area contributed by atoms with Gasteiger partial charge in [0, 0.05) is 64.9 Å². The first-order valence-corrected chi connectivity index (χ1v) is 12.7. The molecule has 8 nitrogen and oxygen atoms in total. The molecule has 0 fully saturated rings. The Hall–Kier alpha value is -4.07. The van der Waals surface area contributed by atoms with Gasteiger partial charge >= 0.3 is 0 Å². The summed E-state index contributed by atoms with van der Waals surface area (Å²) >= 11 is 0. The molecule has 0 bridgehead atoms. The highest BCUT2D eigenvalue weighted by Gasteiger charge is 2.06. The van der Waals surface area contributed by atoms with Crippen LogP contribution in [-0.4, -0.2) is 34.1 Å². The topological polar surface area (TPSA) is 139 Å². The Bertz CT molecular complexity index is 1240. The van der Waals surface area contributed by atoms with Gasteiger partial charge in [-0.25, -0.2) is 0 Å². The summed E-state index contributed by atoms with van der Waals surface area (Å²) in [6.07, 6.45) is 5.99. The minimum absolute atomic E-state index is 0.748. The van der Waals surface area contributed by atoms with Gasteiger partial charge in [-0.1, -0.05) is 19.3 Å². The van der Waals surface area contributed by atoms with E-state index >= 15 is 0 Å². The Morgan fingerprint density at radius 1 is 0.730 bits per heavy atom. The molecular formula is C29H38N6O2. The van der Waals surface area contributed by atoms with E-state index in [1.807, 2.05) is 38.1 Å². The lowest BCUT2D eigenvalue weighted by atomic mass is 10.1. The van der Waals surface area contributed by atoms with Gasteiger partial charge in [0.25, 0.3) is 5.97 Å². The first-order valence-electron chi connectivity index (χ1n) is 12.7. The molecule has 8 heteroatoms. The number of nitrogens with one attached hydrogen (secondary N) is 2. The van der Waals surface area contributed by atoms with Crippen LogP contribution in [0.4, 0.5) is 22.7 Å². The van der Waals surface area contributed by atoms with Crippen molar-refractivity contribution in [3.8, 4) is 0 Å². The summed E-state index contributed by atoms with van der Waals surface area (Å²) in [4.78, 5) is 18.2. The number of anilines is 4. The quantitative estimate of drug-likeness (QED) is 0.129. The summed E-state index contributed by atoms with van der Waals surface area (Å²) < 4.78 is 0. The van der Waals surface area contributed by atoms with Crippen molar-refractivity contribution in [1.82, 2.24) is 9.97 Å². The largest absolute Gasteiger partial charge is 0.481 e. The maximum absolute atomic E-state index is 9.00. The van der Waals surface area contributed by atoms with Crippen LogP contribution in [0.1, 0.15) is 50.4 Å². The third kappa shape index (κ3) is 8.52. The zero-order chi connectivity index (χ0) is 26.8. The van der Waals surface area contributed by atoms with Gasteiger partial charge in [-0.2, -0.15) is 0 Å². The average molecular weight is 503 g/mol. The van der Waals surface area contributed by atoms with E-state index in [1.54, 1.807) is 0 Å². The molecule has 0 saturated heterocycles. The fourth-order valence-corrected chi connectivity index (χ4v) is 4.27. The lowest BCUT2D eigenvalue weighted by molar-refractivity contribution is -0.134. The van der Waals surface area contributed by atoms with Crippen molar-refractivity contribution in [2.75, 3.05) is 35.2 Å². The number of hydrogen-bond donors (Lipinski definition) is 5. The number of fused-ring (bicyclic) bond motifs is 2. The summed E-state index contributed by atoms with van der Waals surface area (Å²) in [6, 6.07) is 16.1. The van der Waals surface area contributed by atoms with Crippen LogP contribution < -0.4 is 22.1 Å². The Morgan fingerprint density at radius 3 is 1.51 bits per heavy atom. The van der Waals surface area contributed by atoms with E-state index < -0.39 is 5.97 Å². The molecule has 0 unspecified atom stereocenters. The second-order valence-corrected chi connectivity index (χ2v) is 9.32. The number of aryl methyl sites for hydroxylation is 2. The number of carbonyl (C=O) groups is 1. The standard InChI is InChI=1S/C27H34N6.C2H4O2/c1-18-14-24(22-10-8-20(28)16-26(22)32-18)30-12-6-4-3-5-7-13-31-25-15-19(2)33-27-17-21(29)9-11-23(25)27;1-2(3)4/h8-11,14-17H,3-7,12-13,28-29H2,1-2H3,(H,30,32)(H,31,33);1H3,(H,3,4). The number of unbranched alkanes of at least 4 members (excludes halogenated alkanes) is 4. The van der Waals surface area contributed by atoms with Crippen LogP contribution in [0.15, 0.2) is 48.5 Å². The van der Waals surface area contributed by atoms with Crippen molar-refractivity contribution in [2.45, 2.75) is 52.9 Å². The van der Waals surface area contributed by atoms with Crippen molar-refractivity contribution in [2.24, 2.45) is 0 Å². The van der Waals surface area contributed by atoms with Crippen LogP contribution in [0.5, 0.6) is 0 Å². The molecule has 196 valence electrons. The molecule has 0 aliphatic carbocycles. The van der Waals surface area contributed by atoms with Crippen molar-refractivity contribution in [3.05, 3.63) is 59.9 Å². The van der Waals surface area contributed by atoms with Crippen LogP contribution in [-0.2, 0) is 4.79 Å². The number of carboxylic acid groups (broad SMARTS) is 1. The number of aromatic nitrogens is 2. The first-order chi connectivity index (χ1) is 17.7. The molecule has 0 aliphatic rings. The van der Waals surface area contributed by atoms with Gasteiger partial charge in [-0.05, 0) is 75.2 Å². The van der Waals surface area contributed by atoms with E-state index in [4.69, 9.17) is 21.4 Å². The number of pyridine rings is 2. The highest BCUT2D eigenvalue weighted by atomic mass is 16.4. The van der Waals surface area contributed by atoms with E-state index in [-0.39, 0.29) is 0 Å². The minimum atomic E-state index is -0.833. The number of aliphatic carboxylic acids is 1. The normalized spacial score (nSPS) is 10.7. The van der Waals surface area contributed by atoms with E-state index in [9.17, 15) is 0 Å². The molecule has 0 amide bonds. The zero-order valence-electron chi connectivity index (χ0n) is 22.0. The number of nitrogen functional groups attached to an aromatic ring is 2. The lowest BCUT2D eigenvalue weighted by Crippen LogP contribution is -2.04. The van der Waals surface area contributed by atoms with Gasteiger partial charge in [0.2, 0.25) is 0 Å². The highest BCUT2D eigenvalue weighted by molar-refractivity contribution is 5.94. The van der Waals surface area contributed by atoms with E-state index in [2.05, 4.69) is 44.9 Å². The molecule has 2 heterocycles. The summed E-state index contributed by atoms with van der Waals surface area (Å²) in [6.45, 7) is 7.06. The maximum atomic E-state index is 9.00. The molecule has 2 aromatic heterocycles. The van der Waals surface area contributed by atoms with E-state index in [0.29, 0.717) is 0 Å². The number of benzene rings is 2. The fraction of sp³-hybridized carbons (Fsp3) is 0.345. The van der Waals surface area contributed by atoms with E-state index in [0.717, 1.165) is 88.8 Å². The second kappa shape index (κ2) is 13.3. The third-order valence-corrected chi connectivity index (χ3v) is 5.91. The lowest BCUT2D eigenvalue weighted by Gasteiger charge is -2.12. The summed E-state index contributed by atoms with van der Waals surface area (Å²) in [5, 5.41) is 16.9. The van der Waals surface area contributed by atoms with Gasteiger partial charge in [0.1, 0.15) is 0 Å². The molecule has 2 aromatic carbocycles. The minimum Gasteiger partial charge on any atom is -0.481 e. The SMILES string of the molecule is CC(=O)O.Cc1cc(NCCCCCCCNc2cc(C)nc3cc(N)ccc23)c2ccc(N)cc2n1. The molecule has 4 aromatic rings. The molecule has 0 atom stereocenters. The second-order valence-electron chi connectivity index (χ2n) is 9.32. The van der Waals surface area contributed by atoms with Crippen LogP contribution in [0.2, 0.25) is 0 Å². The van der Waals surface area contributed by atoms with Crippen molar-refractivity contribution >= 4 is 50.5 Å². The molecule has 4 rings (SSSR count). The number of rotatable bonds is 10. The molecule has 0 saturated carbocycles. The number of nitrogens with two attached hydrogens (primary N) is 2. The third-order valence-electron chi connectivity index (χ3n) is 5.91. The first kappa shape index (κ1) is 27.5. The van der Waals surface area contributed by atoms with E-state index in [1.165, 1.54) is 19.3 Å². The van der Waals surface area contributed by atoms with Crippen molar-refractivity contribution in [3.63, 3.8) is 0 Å². The highest BCUT2D eigenvalue weighted by Crippen LogP contribution is 2.26. The van der Waals surface area contributed by atoms with Gasteiger partial charge in [-0.3, -0.25) is 14.8 Å². The molecule has 0 aliphatic heterocycles. The molecule has 0 spiro atoms. The van der Waals surface area contributed by atoms with Crippen LogP contribution in [0.25, 0.3) is 21.8 Å². The van der Waals surface area contributed by atoms with Gasteiger partial charge in [0.05, 0.1) is 11.0 Å². The molecular weight excluding hydrogens is 464 g/mol. The molecule has 0 radical (unpaired) electrons. The van der Waals surface area contributed by atoms with Gasteiger partial charge in [0.15, 0.2) is 0 Å². The summed E-state index contributed by atoms with van der Waals surface area (Å²) in [5.41, 5.74) is 19.5. The fourth-order valence-electron chi connectivity index (χ4n) is 4.27. The van der Waals surface area contributed by atoms with Gasteiger partial charge < -0.3 is 27.2 Å². The molecule has 7 N–H and O–H groups in total. The summed E-state index contributed by atoms with van der Waals surface area (Å²) in [5.74, 6) is -0.833. The van der Waals surface area contributed by atoms with Crippen LogP contribution in [0.3, 0.4) is 0 Å². The predicted molar refractivity (Wildman–Crippen MR) is 155 cm³/mol. The van der Waals surface area contributed by atoms with Crippen molar-refractivity contribution < 1.29 is 9.90 Å². The molecule has 37 heavy (non-hydrogen) atoms. The Balaban J connectivity index is 0.000000886. The van der Waals surface area contributed by atoms with Crippen LogP contribution >= 0.6 is 0 Å². The maximum Gasteiger partial charge on any atom is 0.300 e. The van der Waals surface area contributed by atoms with Gasteiger partial charge in [-0.15, -0.1) is 0 Å². The predicted octanol–water partition coefficient (Wildman–Crippen LogP) is 6.13. The monoisotopic (exact) mass is 502 g/mol. The average Bonchev–Trinajstić information content (AvgIpc) is 2.81. The van der Waals surface area contributed by atoms with Crippen molar-refractivity contribution in [1.29, 1.82) is 0 Å². The zero-order valence-corrected chi connectivity index (χ0v) is 22.0.